The van der Waals surface area contributed by atoms with E-state index >= 15 is 0 Å². The Morgan fingerprint density at radius 3 is 2.56 bits per heavy atom. The number of aromatic nitrogens is 2. The quantitative estimate of drug-likeness (QED) is 0.391. The molecule has 3 rings (SSSR count). The molecular formula is C25H30N2O4S. The maximum absolute atomic E-state index is 12.9. The third kappa shape index (κ3) is 4.33. The second kappa shape index (κ2) is 10.3. The smallest absolute Gasteiger partial charge is 0.338 e. The largest absolute Gasteiger partial charge is 0.610 e. The second-order valence-electron chi connectivity index (χ2n) is 7.68. The highest BCUT2D eigenvalue weighted by atomic mass is 32.2. The molecule has 0 bridgehead atoms. The zero-order valence-electron chi connectivity index (χ0n) is 19.2. The van der Waals surface area contributed by atoms with Gasteiger partial charge in [-0.2, -0.15) is 0 Å². The molecule has 6 nitrogen and oxygen atoms in total. The maximum atomic E-state index is 12.9. The van der Waals surface area contributed by atoms with Crippen molar-refractivity contribution in [1.29, 1.82) is 0 Å². The van der Waals surface area contributed by atoms with Crippen molar-refractivity contribution in [2.45, 2.75) is 51.7 Å². The van der Waals surface area contributed by atoms with Crippen LogP contribution < -0.4 is 0 Å². The van der Waals surface area contributed by atoms with Gasteiger partial charge in [-0.05, 0) is 54.5 Å². The number of methoxy groups -OCH3 is 1. The summed E-state index contributed by atoms with van der Waals surface area (Å²) in [5.74, 6) is 0.267. The second-order valence-corrected chi connectivity index (χ2v) is 9.34. The first-order valence-electron chi connectivity index (χ1n) is 10.8. The minimum absolute atomic E-state index is 0.247. The number of imidazole rings is 1. The number of carbonyl (C=O) groups is 1. The van der Waals surface area contributed by atoms with E-state index in [1.54, 1.807) is 12.4 Å². The van der Waals surface area contributed by atoms with Crippen LogP contribution in [-0.2, 0) is 22.5 Å². The predicted molar refractivity (Wildman–Crippen MR) is 127 cm³/mol. The van der Waals surface area contributed by atoms with Crippen LogP contribution in [0.5, 0.6) is 0 Å². The summed E-state index contributed by atoms with van der Waals surface area (Å²) in [6.07, 6.45) is 2.57. The Bertz CT molecular complexity index is 1110. The average molecular weight is 455 g/mol. The Balaban J connectivity index is 2.36. The van der Waals surface area contributed by atoms with E-state index < -0.39 is 17.1 Å². The van der Waals surface area contributed by atoms with Crippen molar-refractivity contribution in [1.82, 2.24) is 9.55 Å². The lowest BCUT2D eigenvalue weighted by molar-refractivity contribution is 0.0601. The van der Waals surface area contributed by atoms with Gasteiger partial charge >= 0.3 is 5.97 Å². The average Bonchev–Trinajstić information content (AvgIpc) is 3.26. The first-order valence-corrected chi connectivity index (χ1v) is 12.1. The number of hydrogen-bond acceptors (Lipinski definition) is 5. The minimum Gasteiger partial charge on any atom is -0.610 e. The fraction of sp³-hybridized carbons (Fsp3) is 0.360. The van der Waals surface area contributed by atoms with Crippen LogP contribution in [0.3, 0.4) is 0 Å². The highest BCUT2D eigenvalue weighted by molar-refractivity contribution is 7.91. The Hall–Kier alpha value is -2.61. The van der Waals surface area contributed by atoms with Crippen LogP contribution in [0.4, 0.5) is 0 Å². The van der Waals surface area contributed by atoms with Crippen molar-refractivity contribution in [3.63, 3.8) is 0 Å². The molecule has 0 amide bonds. The first kappa shape index (κ1) is 24.0. The molecule has 7 heteroatoms. The molecule has 0 radical (unpaired) electrons. The molecular weight excluding hydrogens is 424 g/mol. The zero-order chi connectivity index (χ0) is 23.4. The van der Waals surface area contributed by atoms with Crippen LogP contribution in [0.15, 0.2) is 47.8 Å². The van der Waals surface area contributed by atoms with Gasteiger partial charge in [-0.3, -0.25) is 4.57 Å². The molecule has 0 aliphatic rings. The number of nitrogens with zero attached hydrogens (tertiary/aromatic N) is 2. The predicted octanol–water partition coefficient (Wildman–Crippen LogP) is 4.77. The van der Waals surface area contributed by atoms with Gasteiger partial charge in [-0.25, -0.2) is 9.78 Å². The van der Waals surface area contributed by atoms with Gasteiger partial charge < -0.3 is 14.4 Å². The van der Waals surface area contributed by atoms with Gasteiger partial charge in [0.15, 0.2) is 0 Å². The Morgan fingerprint density at radius 2 is 1.94 bits per heavy atom. The zero-order valence-corrected chi connectivity index (χ0v) is 20.0. The first-order chi connectivity index (χ1) is 15.4. The van der Waals surface area contributed by atoms with Crippen molar-refractivity contribution in [3.8, 4) is 16.8 Å². The molecule has 2 unspecified atom stereocenters. The van der Waals surface area contributed by atoms with Gasteiger partial charge in [0.25, 0.3) is 5.03 Å². The van der Waals surface area contributed by atoms with E-state index in [0.29, 0.717) is 22.0 Å². The van der Waals surface area contributed by atoms with Crippen molar-refractivity contribution in [2.75, 3.05) is 12.9 Å². The summed E-state index contributed by atoms with van der Waals surface area (Å²) in [6.45, 7) is 7.85. The van der Waals surface area contributed by atoms with Crippen LogP contribution in [0, 0.1) is 6.92 Å². The molecule has 0 saturated carbocycles. The third-order valence-corrected chi connectivity index (χ3v) is 7.28. The number of benzene rings is 2. The Kier molecular flexibility index (Phi) is 7.77. The number of aliphatic hydroxyl groups excluding tert-OH is 1. The van der Waals surface area contributed by atoms with Crippen molar-refractivity contribution in [2.24, 2.45) is 0 Å². The molecule has 0 fully saturated rings. The minimum atomic E-state index is -1.31. The van der Waals surface area contributed by atoms with Gasteiger partial charge in [-0.15, -0.1) is 0 Å². The Labute approximate surface area is 192 Å². The molecule has 170 valence electrons. The summed E-state index contributed by atoms with van der Waals surface area (Å²) < 4.78 is 19.8. The van der Waals surface area contributed by atoms with Crippen LogP contribution in [0.25, 0.3) is 16.8 Å². The van der Waals surface area contributed by atoms with Gasteiger partial charge in [-0.1, -0.05) is 44.2 Å². The summed E-state index contributed by atoms with van der Waals surface area (Å²) in [7, 11) is 1.37. The monoisotopic (exact) mass is 454 g/mol. The highest BCUT2D eigenvalue weighted by Gasteiger charge is 2.27. The lowest BCUT2D eigenvalue weighted by Crippen LogP contribution is -2.15. The maximum Gasteiger partial charge on any atom is 0.338 e. The number of esters is 1. The molecule has 2 atom stereocenters. The van der Waals surface area contributed by atoms with Crippen molar-refractivity contribution >= 4 is 17.1 Å². The van der Waals surface area contributed by atoms with Crippen molar-refractivity contribution in [3.05, 3.63) is 65.1 Å². The SMILES string of the molecule is CCC(C)c1ccc(-c2ccccc2C(=O)OC)c(C)c1-n1cnc(CO)c1[S+]([O-])CC. The lowest BCUT2D eigenvalue weighted by atomic mass is 9.88. The summed E-state index contributed by atoms with van der Waals surface area (Å²) >= 11 is -1.31. The molecule has 32 heavy (non-hydrogen) atoms. The molecule has 3 aromatic rings. The Morgan fingerprint density at radius 1 is 1.22 bits per heavy atom. The van der Waals surface area contributed by atoms with Crippen LogP contribution in [-0.4, -0.2) is 38.0 Å². The summed E-state index contributed by atoms with van der Waals surface area (Å²) in [5.41, 5.74) is 5.49. The fourth-order valence-electron chi connectivity index (χ4n) is 3.98. The molecule has 1 N–H and O–H groups in total. The van der Waals surface area contributed by atoms with E-state index in [9.17, 15) is 14.5 Å². The van der Waals surface area contributed by atoms with E-state index in [1.807, 2.05) is 42.7 Å². The van der Waals surface area contributed by atoms with Gasteiger partial charge in [0.05, 0.1) is 25.0 Å². The van der Waals surface area contributed by atoms with Crippen molar-refractivity contribution < 1.29 is 19.2 Å². The van der Waals surface area contributed by atoms with Crippen LogP contribution >= 0.6 is 0 Å². The summed E-state index contributed by atoms with van der Waals surface area (Å²) in [6, 6.07) is 11.5. The number of aliphatic hydroxyl groups is 1. The molecule has 0 aliphatic carbocycles. The fourth-order valence-corrected chi connectivity index (χ4v) is 4.99. The topological polar surface area (TPSA) is 87.4 Å². The normalized spacial score (nSPS) is 13.1. The number of rotatable bonds is 8. The van der Waals surface area contributed by atoms with Gasteiger partial charge in [0.2, 0.25) is 0 Å². The number of ether oxygens (including phenoxy) is 1. The standard InChI is InChI=1S/C25H30N2O4S/c1-6-16(3)18-12-13-19(20-10-8-9-11-21(20)25(29)31-5)17(4)23(18)27-15-26-22(14-28)24(27)32(30)7-2/h8-13,15-16,28H,6-7,14H2,1-5H3. The molecule has 1 heterocycles. The molecule has 2 aromatic carbocycles. The lowest BCUT2D eigenvalue weighted by Gasteiger charge is -2.23. The summed E-state index contributed by atoms with van der Waals surface area (Å²) in [5, 5.41) is 10.3. The number of hydrogen-bond donors (Lipinski definition) is 1. The van der Waals surface area contributed by atoms with E-state index in [2.05, 4.69) is 24.9 Å². The highest BCUT2D eigenvalue weighted by Crippen LogP contribution is 2.37. The molecule has 0 spiro atoms. The van der Waals surface area contributed by atoms with E-state index in [-0.39, 0.29) is 12.5 Å². The van der Waals surface area contributed by atoms with Gasteiger partial charge in [0.1, 0.15) is 17.8 Å². The molecule has 0 aliphatic heterocycles. The number of carbonyl (C=O) groups excluding carboxylic acids is 1. The molecule has 1 aromatic heterocycles. The van der Waals surface area contributed by atoms with Crippen LogP contribution in [0.1, 0.15) is 60.3 Å². The summed E-state index contributed by atoms with van der Waals surface area (Å²) in [4.78, 5) is 16.8. The van der Waals surface area contributed by atoms with E-state index in [4.69, 9.17) is 4.74 Å². The van der Waals surface area contributed by atoms with E-state index in [1.165, 1.54) is 7.11 Å². The van der Waals surface area contributed by atoms with Gasteiger partial charge in [0, 0.05) is 11.2 Å². The third-order valence-electron chi connectivity index (χ3n) is 5.89. The van der Waals surface area contributed by atoms with Crippen LogP contribution in [0.2, 0.25) is 0 Å². The van der Waals surface area contributed by atoms with E-state index in [0.717, 1.165) is 34.4 Å². The molecule has 0 saturated heterocycles.